The lowest BCUT2D eigenvalue weighted by Gasteiger charge is -2.23. The minimum Gasteiger partial charge on any atom is -0.291 e. The molecule has 2 heterocycles. The lowest BCUT2D eigenvalue weighted by molar-refractivity contribution is -0.137. The third-order valence-electron chi connectivity index (χ3n) is 3.98. The molecule has 0 aliphatic carbocycles. The summed E-state index contributed by atoms with van der Waals surface area (Å²) in [7, 11) is 1.95. The molecule has 0 bridgehead atoms. The van der Waals surface area contributed by atoms with Crippen molar-refractivity contribution >= 4 is 11.3 Å². The maximum Gasteiger partial charge on any atom is 0.416 e. The fourth-order valence-electron chi connectivity index (χ4n) is 2.40. The van der Waals surface area contributed by atoms with Gasteiger partial charge in [0.1, 0.15) is 0 Å². The van der Waals surface area contributed by atoms with Gasteiger partial charge in [-0.15, -0.1) is 16.4 Å². The van der Waals surface area contributed by atoms with Crippen LogP contribution in [0.1, 0.15) is 29.2 Å². The first-order valence-electron chi connectivity index (χ1n) is 7.55. The van der Waals surface area contributed by atoms with Gasteiger partial charge in [0.2, 0.25) is 0 Å². The van der Waals surface area contributed by atoms with Crippen molar-refractivity contribution in [3.8, 4) is 5.69 Å². The SMILES string of the molecule is C[C@@H](c1cccs1)N(C)Cc1nnnn1-c1ccc(C(F)(F)F)cc1. The highest BCUT2D eigenvalue weighted by molar-refractivity contribution is 7.10. The van der Waals surface area contributed by atoms with Gasteiger partial charge in [-0.25, -0.2) is 0 Å². The Morgan fingerprint density at radius 1 is 1.20 bits per heavy atom. The van der Waals surface area contributed by atoms with Crippen LogP contribution in [0, 0.1) is 0 Å². The number of nitrogens with zero attached hydrogens (tertiary/aromatic N) is 5. The number of thiophene rings is 1. The Kier molecular flexibility index (Phi) is 4.87. The summed E-state index contributed by atoms with van der Waals surface area (Å²) in [5.74, 6) is 0.561. The van der Waals surface area contributed by atoms with Crippen LogP contribution < -0.4 is 0 Å². The normalized spacial score (nSPS) is 13.4. The lowest BCUT2D eigenvalue weighted by atomic mass is 10.2. The summed E-state index contributed by atoms with van der Waals surface area (Å²) in [5.41, 5.74) is -0.209. The minimum atomic E-state index is -4.36. The Labute approximate surface area is 146 Å². The van der Waals surface area contributed by atoms with Crippen LogP contribution in [-0.2, 0) is 12.7 Å². The van der Waals surface area contributed by atoms with Gasteiger partial charge < -0.3 is 0 Å². The van der Waals surface area contributed by atoms with Gasteiger partial charge in [-0.3, -0.25) is 4.90 Å². The highest BCUT2D eigenvalue weighted by Gasteiger charge is 2.30. The van der Waals surface area contributed by atoms with Gasteiger partial charge in [-0.05, 0) is 60.1 Å². The Balaban J connectivity index is 1.79. The second kappa shape index (κ2) is 6.93. The fourth-order valence-corrected chi connectivity index (χ4v) is 3.25. The predicted octanol–water partition coefficient (Wildman–Crippen LogP) is 3.94. The third-order valence-corrected chi connectivity index (χ3v) is 5.02. The Morgan fingerprint density at radius 2 is 1.92 bits per heavy atom. The van der Waals surface area contributed by atoms with E-state index < -0.39 is 11.7 Å². The van der Waals surface area contributed by atoms with E-state index in [-0.39, 0.29) is 6.04 Å². The first-order valence-corrected chi connectivity index (χ1v) is 8.43. The number of benzene rings is 1. The van der Waals surface area contributed by atoms with Crippen LogP contribution >= 0.6 is 11.3 Å². The number of aromatic nitrogens is 4. The van der Waals surface area contributed by atoms with Gasteiger partial charge in [0.15, 0.2) is 5.82 Å². The molecule has 0 radical (unpaired) electrons. The molecule has 1 aromatic carbocycles. The first kappa shape index (κ1) is 17.6. The maximum absolute atomic E-state index is 12.7. The molecule has 0 spiro atoms. The van der Waals surface area contributed by atoms with E-state index in [0.717, 1.165) is 12.1 Å². The van der Waals surface area contributed by atoms with Crippen LogP contribution in [0.3, 0.4) is 0 Å². The second-order valence-corrected chi connectivity index (χ2v) is 6.64. The molecule has 3 rings (SSSR count). The van der Waals surface area contributed by atoms with Crippen molar-refractivity contribution in [1.82, 2.24) is 25.1 Å². The van der Waals surface area contributed by atoms with Crippen molar-refractivity contribution in [2.24, 2.45) is 0 Å². The molecule has 9 heteroatoms. The molecule has 3 aromatic rings. The summed E-state index contributed by atoms with van der Waals surface area (Å²) in [6, 6.07) is 9.02. The van der Waals surface area contributed by atoms with Crippen LogP contribution in [0.4, 0.5) is 13.2 Å². The minimum absolute atomic E-state index is 0.178. The van der Waals surface area contributed by atoms with Crippen molar-refractivity contribution in [3.05, 3.63) is 58.0 Å². The second-order valence-electron chi connectivity index (χ2n) is 5.66. The van der Waals surface area contributed by atoms with E-state index in [1.165, 1.54) is 21.7 Å². The zero-order valence-electron chi connectivity index (χ0n) is 13.6. The Bertz CT molecular complexity index is 811. The molecule has 1 atom stereocenters. The van der Waals surface area contributed by atoms with Crippen LogP contribution in [0.25, 0.3) is 5.69 Å². The predicted molar refractivity (Wildman–Crippen MR) is 88.4 cm³/mol. The summed E-state index contributed by atoms with van der Waals surface area (Å²) in [5, 5.41) is 13.6. The maximum atomic E-state index is 12.7. The van der Waals surface area contributed by atoms with E-state index in [1.54, 1.807) is 11.3 Å². The molecular formula is C16H16F3N5S. The summed E-state index contributed by atoms with van der Waals surface area (Å²) in [6.07, 6.45) is -4.36. The molecule has 0 unspecified atom stereocenters. The standard InChI is InChI=1S/C16H16F3N5S/c1-11(14-4-3-9-25-14)23(2)10-15-20-21-22-24(15)13-7-5-12(6-8-13)16(17,18)19/h3-9,11H,10H2,1-2H3/t11-/m0/s1. The summed E-state index contributed by atoms with van der Waals surface area (Å²) in [4.78, 5) is 3.30. The van der Waals surface area contributed by atoms with Gasteiger partial charge in [-0.1, -0.05) is 6.07 Å². The number of hydrogen-bond acceptors (Lipinski definition) is 5. The van der Waals surface area contributed by atoms with E-state index in [1.807, 2.05) is 18.5 Å². The zero-order valence-corrected chi connectivity index (χ0v) is 14.4. The molecule has 0 fully saturated rings. The third kappa shape index (κ3) is 3.88. The quantitative estimate of drug-likeness (QED) is 0.685. The van der Waals surface area contributed by atoms with Crippen LogP contribution in [0.5, 0.6) is 0 Å². The molecule has 0 N–H and O–H groups in total. The number of tetrazole rings is 1. The molecular weight excluding hydrogens is 351 g/mol. The highest BCUT2D eigenvalue weighted by Crippen LogP contribution is 2.30. The number of halogens is 3. The molecule has 132 valence electrons. The van der Waals surface area contributed by atoms with Crippen molar-refractivity contribution in [1.29, 1.82) is 0 Å². The molecule has 5 nitrogen and oxygen atoms in total. The highest BCUT2D eigenvalue weighted by atomic mass is 32.1. The molecule has 0 saturated carbocycles. The smallest absolute Gasteiger partial charge is 0.291 e. The lowest BCUT2D eigenvalue weighted by Crippen LogP contribution is -2.23. The van der Waals surface area contributed by atoms with Crippen molar-refractivity contribution in [2.75, 3.05) is 7.05 Å². The summed E-state index contributed by atoms with van der Waals surface area (Å²) in [6.45, 7) is 2.55. The molecule has 25 heavy (non-hydrogen) atoms. The topological polar surface area (TPSA) is 46.8 Å². The van der Waals surface area contributed by atoms with Gasteiger partial charge in [-0.2, -0.15) is 17.9 Å². The molecule has 0 amide bonds. The van der Waals surface area contributed by atoms with E-state index in [4.69, 9.17) is 0 Å². The zero-order chi connectivity index (χ0) is 18.0. The summed E-state index contributed by atoms with van der Waals surface area (Å²) >= 11 is 1.67. The first-order chi connectivity index (χ1) is 11.9. The number of hydrogen-bond donors (Lipinski definition) is 0. The average Bonchev–Trinajstić information content (AvgIpc) is 3.25. The molecule has 2 aromatic heterocycles. The van der Waals surface area contributed by atoms with Gasteiger partial charge in [0.25, 0.3) is 0 Å². The van der Waals surface area contributed by atoms with Crippen LogP contribution in [0.2, 0.25) is 0 Å². The van der Waals surface area contributed by atoms with E-state index in [9.17, 15) is 13.2 Å². The number of rotatable bonds is 5. The van der Waals surface area contributed by atoms with Crippen molar-refractivity contribution < 1.29 is 13.2 Å². The van der Waals surface area contributed by atoms with E-state index in [0.29, 0.717) is 18.1 Å². The average molecular weight is 367 g/mol. The van der Waals surface area contributed by atoms with E-state index in [2.05, 4.69) is 33.4 Å². The summed E-state index contributed by atoms with van der Waals surface area (Å²) < 4.78 is 39.5. The van der Waals surface area contributed by atoms with Crippen molar-refractivity contribution in [2.45, 2.75) is 25.7 Å². The van der Waals surface area contributed by atoms with Crippen molar-refractivity contribution in [3.63, 3.8) is 0 Å². The van der Waals surface area contributed by atoms with Crippen LogP contribution in [-0.4, -0.2) is 32.2 Å². The molecule has 0 aliphatic rings. The molecule has 0 aliphatic heterocycles. The number of alkyl halides is 3. The molecule has 0 saturated heterocycles. The Morgan fingerprint density at radius 3 is 2.52 bits per heavy atom. The monoisotopic (exact) mass is 367 g/mol. The van der Waals surface area contributed by atoms with Gasteiger partial charge in [0, 0.05) is 10.9 Å². The van der Waals surface area contributed by atoms with Gasteiger partial charge >= 0.3 is 6.18 Å². The largest absolute Gasteiger partial charge is 0.416 e. The van der Waals surface area contributed by atoms with Crippen LogP contribution in [0.15, 0.2) is 41.8 Å². The van der Waals surface area contributed by atoms with E-state index >= 15 is 0 Å². The fraction of sp³-hybridized carbons (Fsp3) is 0.312. The van der Waals surface area contributed by atoms with Gasteiger partial charge in [0.05, 0.1) is 17.8 Å². The Hall–Kier alpha value is -2.26.